The summed E-state index contributed by atoms with van der Waals surface area (Å²) in [4.78, 5) is 14.2. The number of ether oxygens (including phenoxy) is 1. The highest BCUT2D eigenvalue weighted by Gasteiger charge is 2.08. The van der Waals surface area contributed by atoms with E-state index in [-0.39, 0.29) is 5.91 Å². The van der Waals surface area contributed by atoms with Crippen molar-refractivity contribution in [3.63, 3.8) is 0 Å². The number of carbonyl (C=O) groups excluding carboxylic acids is 1. The highest BCUT2D eigenvalue weighted by atomic mass is 16.5. The van der Waals surface area contributed by atoms with E-state index in [4.69, 9.17) is 4.74 Å². The first-order valence-corrected chi connectivity index (χ1v) is 8.50. The number of nitrogens with zero attached hydrogens (tertiary/aromatic N) is 1. The van der Waals surface area contributed by atoms with Gasteiger partial charge in [0.1, 0.15) is 12.4 Å². The molecule has 1 N–H and O–H groups in total. The van der Waals surface area contributed by atoms with Gasteiger partial charge in [0.25, 0.3) is 0 Å². The summed E-state index contributed by atoms with van der Waals surface area (Å²) in [7, 11) is 1.93. The number of carbonyl (C=O) groups is 1. The number of amides is 1. The van der Waals surface area contributed by atoms with Gasteiger partial charge in [0, 0.05) is 12.2 Å². The first-order valence-electron chi connectivity index (χ1n) is 8.50. The third kappa shape index (κ3) is 6.43. The van der Waals surface area contributed by atoms with E-state index in [9.17, 15) is 4.79 Å². The molecule has 1 amide bonds. The molecule has 0 aliphatic heterocycles. The van der Waals surface area contributed by atoms with Crippen LogP contribution in [0.2, 0.25) is 0 Å². The smallest absolute Gasteiger partial charge is 0.238 e. The predicted octanol–water partition coefficient (Wildman–Crippen LogP) is 3.88. The van der Waals surface area contributed by atoms with E-state index in [1.165, 1.54) is 5.56 Å². The van der Waals surface area contributed by atoms with Crippen LogP contribution >= 0.6 is 0 Å². The Morgan fingerprint density at radius 1 is 1.20 bits per heavy atom. The molecular weight excluding hydrogens is 312 g/mol. The van der Waals surface area contributed by atoms with Crippen LogP contribution in [0.25, 0.3) is 0 Å². The van der Waals surface area contributed by atoms with Gasteiger partial charge in [-0.15, -0.1) is 0 Å². The van der Waals surface area contributed by atoms with Crippen molar-refractivity contribution in [2.75, 3.05) is 25.5 Å². The fraction of sp³-hybridized carbons (Fsp3) is 0.286. The second-order valence-electron chi connectivity index (χ2n) is 6.02. The Bertz CT molecular complexity index is 695. The van der Waals surface area contributed by atoms with E-state index < -0.39 is 0 Å². The largest absolute Gasteiger partial charge is 0.490 e. The molecule has 0 bridgehead atoms. The second kappa shape index (κ2) is 9.64. The zero-order valence-electron chi connectivity index (χ0n) is 15.0. The lowest BCUT2D eigenvalue weighted by molar-refractivity contribution is -0.117. The van der Waals surface area contributed by atoms with E-state index in [1.807, 2.05) is 54.4 Å². The third-order valence-corrected chi connectivity index (χ3v) is 3.78. The molecule has 0 saturated carbocycles. The lowest BCUT2D eigenvalue weighted by atomic mass is 10.1. The Morgan fingerprint density at radius 2 is 1.96 bits per heavy atom. The molecule has 2 aromatic carbocycles. The van der Waals surface area contributed by atoms with Crippen molar-refractivity contribution in [1.82, 2.24) is 4.90 Å². The summed E-state index contributed by atoms with van der Waals surface area (Å²) in [5.41, 5.74) is 3.20. The van der Waals surface area contributed by atoms with Gasteiger partial charge in [-0.3, -0.25) is 9.69 Å². The average Bonchev–Trinajstić information content (AvgIpc) is 2.61. The summed E-state index contributed by atoms with van der Waals surface area (Å²) < 4.78 is 5.47. The molecule has 0 aliphatic carbocycles. The molecule has 4 heteroatoms. The van der Waals surface area contributed by atoms with Crippen LogP contribution in [-0.2, 0) is 17.8 Å². The summed E-state index contributed by atoms with van der Waals surface area (Å²) in [5, 5.41) is 2.96. The molecule has 0 heterocycles. The number of likely N-dealkylation sites (N-methyl/N-ethyl adjacent to an activating group) is 1. The average molecular weight is 338 g/mol. The van der Waals surface area contributed by atoms with Crippen LogP contribution < -0.4 is 10.1 Å². The molecule has 4 nitrogen and oxygen atoms in total. The lowest BCUT2D eigenvalue weighted by Crippen LogP contribution is -2.29. The molecule has 0 spiro atoms. The van der Waals surface area contributed by atoms with Crippen LogP contribution in [-0.4, -0.2) is 31.0 Å². The van der Waals surface area contributed by atoms with Gasteiger partial charge in [-0.05, 0) is 48.9 Å². The van der Waals surface area contributed by atoms with Crippen molar-refractivity contribution < 1.29 is 9.53 Å². The minimum absolute atomic E-state index is 0.0123. The summed E-state index contributed by atoms with van der Waals surface area (Å²) in [5.74, 6) is 0.807. The van der Waals surface area contributed by atoms with Crippen molar-refractivity contribution in [3.8, 4) is 5.75 Å². The first-order chi connectivity index (χ1) is 12.1. The summed E-state index contributed by atoms with van der Waals surface area (Å²) in [6.07, 6.45) is 2.67. The molecule has 2 rings (SSSR count). The zero-order valence-corrected chi connectivity index (χ0v) is 15.0. The van der Waals surface area contributed by atoms with Crippen LogP contribution in [0.1, 0.15) is 18.1 Å². The Hall–Kier alpha value is -2.59. The highest BCUT2D eigenvalue weighted by Crippen LogP contribution is 2.14. The van der Waals surface area contributed by atoms with Crippen molar-refractivity contribution in [2.45, 2.75) is 19.9 Å². The van der Waals surface area contributed by atoms with Gasteiger partial charge in [-0.1, -0.05) is 43.8 Å². The molecule has 25 heavy (non-hydrogen) atoms. The minimum Gasteiger partial charge on any atom is -0.490 e. The molecule has 0 radical (unpaired) electrons. The second-order valence-corrected chi connectivity index (χ2v) is 6.02. The van der Waals surface area contributed by atoms with E-state index in [2.05, 4.69) is 24.9 Å². The van der Waals surface area contributed by atoms with Crippen LogP contribution in [0, 0.1) is 0 Å². The number of benzene rings is 2. The van der Waals surface area contributed by atoms with Gasteiger partial charge in [0.05, 0.1) is 6.54 Å². The molecule has 0 saturated heterocycles. The normalized spacial score (nSPS) is 10.5. The van der Waals surface area contributed by atoms with Gasteiger partial charge in [-0.2, -0.15) is 0 Å². The maximum atomic E-state index is 12.2. The molecule has 0 aliphatic rings. The van der Waals surface area contributed by atoms with Crippen molar-refractivity contribution in [3.05, 3.63) is 72.3 Å². The number of hydrogen-bond donors (Lipinski definition) is 1. The van der Waals surface area contributed by atoms with Gasteiger partial charge in [-0.25, -0.2) is 0 Å². The topological polar surface area (TPSA) is 41.6 Å². The number of rotatable bonds is 9. The monoisotopic (exact) mass is 338 g/mol. The summed E-state index contributed by atoms with van der Waals surface area (Å²) in [6, 6.07) is 15.8. The van der Waals surface area contributed by atoms with Gasteiger partial charge >= 0.3 is 0 Å². The Balaban J connectivity index is 1.83. The lowest BCUT2D eigenvalue weighted by Gasteiger charge is -2.17. The van der Waals surface area contributed by atoms with Crippen LogP contribution in [0.5, 0.6) is 5.75 Å². The zero-order chi connectivity index (χ0) is 18.1. The molecule has 2 aromatic rings. The molecule has 0 aromatic heterocycles. The van der Waals surface area contributed by atoms with Gasteiger partial charge in [0.15, 0.2) is 0 Å². The summed E-state index contributed by atoms with van der Waals surface area (Å²) >= 11 is 0. The summed E-state index contributed by atoms with van der Waals surface area (Å²) in [6.45, 7) is 7.27. The van der Waals surface area contributed by atoms with E-state index in [1.54, 1.807) is 6.08 Å². The van der Waals surface area contributed by atoms with E-state index >= 15 is 0 Å². The minimum atomic E-state index is -0.0123. The Labute approximate surface area is 150 Å². The van der Waals surface area contributed by atoms with Crippen LogP contribution in [0.15, 0.2) is 61.2 Å². The van der Waals surface area contributed by atoms with Crippen molar-refractivity contribution >= 4 is 11.6 Å². The van der Waals surface area contributed by atoms with Crippen LogP contribution in [0.4, 0.5) is 5.69 Å². The van der Waals surface area contributed by atoms with E-state index in [0.717, 1.165) is 23.4 Å². The Morgan fingerprint density at radius 3 is 2.64 bits per heavy atom. The first kappa shape index (κ1) is 18.7. The van der Waals surface area contributed by atoms with Crippen LogP contribution in [0.3, 0.4) is 0 Å². The fourth-order valence-corrected chi connectivity index (χ4v) is 2.53. The standard InChI is InChI=1S/C21H26N2O2/c1-4-13-25-20-11-9-18(10-12-20)15-23(3)16-21(24)22-19-8-6-7-17(5-2)14-19/h4,6-12,14H,1,5,13,15-16H2,2-3H3,(H,22,24). The number of anilines is 1. The molecule has 132 valence electrons. The van der Waals surface area contributed by atoms with Crippen molar-refractivity contribution in [1.29, 1.82) is 0 Å². The number of nitrogens with one attached hydrogen (secondary N) is 1. The Kier molecular flexibility index (Phi) is 7.23. The van der Waals surface area contributed by atoms with E-state index in [0.29, 0.717) is 19.7 Å². The number of hydrogen-bond acceptors (Lipinski definition) is 3. The highest BCUT2D eigenvalue weighted by molar-refractivity contribution is 5.92. The quantitative estimate of drug-likeness (QED) is 0.706. The molecule has 0 atom stereocenters. The van der Waals surface area contributed by atoms with Gasteiger partial charge < -0.3 is 10.1 Å². The SMILES string of the molecule is C=CCOc1ccc(CN(C)CC(=O)Nc2cccc(CC)c2)cc1. The molecular formula is C21H26N2O2. The van der Waals surface area contributed by atoms with Gasteiger partial charge in [0.2, 0.25) is 5.91 Å². The number of aryl methyl sites for hydroxylation is 1. The fourth-order valence-electron chi connectivity index (χ4n) is 2.53. The third-order valence-electron chi connectivity index (χ3n) is 3.78. The maximum Gasteiger partial charge on any atom is 0.238 e. The molecule has 0 fully saturated rings. The maximum absolute atomic E-state index is 12.2. The van der Waals surface area contributed by atoms with Crippen molar-refractivity contribution in [2.24, 2.45) is 0 Å². The molecule has 0 unspecified atom stereocenters. The predicted molar refractivity (Wildman–Crippen MR) is 103 cm³/mol.